The zero-order valence-corrected chi connectivity index (χ0v) is 12.3. The number of rotatable bonds is 7. The molecule has 0 spiro atoms. The van der Waals surface area contributed by atoms with Crippen LogP contribution in [0, 0.1) is 0 Å². The van der Waals surface area contributed by atoms with Gasteiger partial charge in [0.2, 0.25) is 5.95 Å². The Morgan fingerprint density at radius 2 is 1.74 bits per heavy atom. The molecule has 0 aliphatic heterocycles. The van der Waals surface area contributed by atoms with E-state index in [-0.39, 0.29) is 24.9 Å². The third kappa shape index (κ3) is 5.41. The van der Waals surface area contributed by atoms with Crippen LogP contribution in [0.25, 0.3) is 0 Å². The first kappa shape index (κ1) is 17.0. The maximum absolute atomic E-state index is 12.9. The summed E-state index contributed by atoms with van der Waals surface area (Å²) in [5, 5.41) is 14.1. The van der Waals surface area contributed by atoms with Gasteiger partial charge in [-0.25, -0.2) is 4.98 Å². The van der Waals surface area contributed by atoms with Gasteiger partial charge in [0.15, 0.2) is 5.69 Å². The van der Waals surface area contributed by atoms with Crippen molar-refractivity contribution in [1.29, 1.82) is 0 Å². The second kappa shape index (κ2) is 7.77. The van der Waals surface area contributed by atoms with Crippen molar-refractivity contribution in [3.8, 4) is 0 Å². The topological polar surface area (TPSA) is 70.1 Å². The smallest absolute Gasteiger partial charge is 0.395 e. The number of benzene rings is 1. The third-order valence-corrected chi connectivity index (χ3v) is 2.97. The fourth-order valence-electron chi connectivity index (χ4n) is 1.91. The van der Waals surface area contributed by atoms with Crippen LogP contribution in [-0.2, 0) is 12.6 Å². The molecule has 0 saturated heterocycles. The molecular formula is C15H17F3N4O. The summed E-state index contributed by atoms with van der Waals surface area (Å²) in [4.78, 5) is 7.38. The van der Waals surface area contributed by atoms with Crippen LogP contribution >= 0.6 is 0 Å². The molecule has 0 unspecified atom stereocenters. The minimum Gasteiger partial charge on any atom is -0.395 e. The second-order valence-corrected chi connectivity index (χ2v) is 4.77. The number of aliphatic hydroxyl groups is 1. The highest BCUT2D eigenvalue weighted by atomic mass is 19.4. The molecule has 0 radical (unpaired) electrons. The zero-order valence-electron chi connectivity index (χ0n) is 12.3. The fourth-order valence-corrected chi connectivity index (χ4v) is 1.91. The van der Waals surface area contributed by atoms with Gasteiger partial charge < -0.3 is 15.7 Å². The Morgan fingerprint density at radius 3 is 2.39 bits per heavy atom. The number of nitrogens with one attached hydrogen (secondary N) is 2. The van der Waals surface area contributed by atoms with Crippen molar-refractivity contribution in [3.63, 3.8) is 0 Å². The molecule has 0 fully saturated rings. The van der Waals surface area contributed by atoms with Crippen molar-refractivity contribution in [3.05, 3.63) is 47.7 Å². The molecule has 0 bridgehead atoms. The van der Waals surface area contributed by atoms with E-state index in [0.29, 0.717) is 13.0 Å². The third-order valence-electron chi connectivity index (χ3n) is 2.97. The monoisotopic (exact) mass is 326 g/mol. The highest BCUT2D eigenvalue weighted by molar-refractivity contribution is 5.43. The highest BCUT2D eigenvalue weighted by Gasteiger charge is 2.33. The Labute approximate surface area is 131 Å². The van der Waals surface area contributed by atoms with Gasteiger partial charge in [0.25, 0.3) is 0 Å². The average molecular weight is 326 g/mol. The molecule has 8 heteroatoms. The molecule has 0 aliphatic carbocycles. The Balaban J connectivity index is 2.07. The molecule has 0 aliphatic rings. The summed E-state index contributed by atoms with van der Waals surface area (Å²) in [6.07, 6.45) is -3.90. The number of alkyl halides is 3. The van der Waals surface area contributed by atoms with Gasteiger partial charge in [0, 0.05) is 19.2 Å². The number of hydrogen-bond acceptors (Lipinski definition) is 5. The lowest BCUT2D eigenvalue weighted by Gasteiger charge is -2.12. The first-order valence-corrected chi connectivity index (χ1v) is 7.08. The van der Waals surface area contributed by atoms with Crippen molar-refractivity contribution in [1.82, 2.24) is 9.97 Å². The van der Waals surface area contributed by atoms with Crippen molar-refractivity contribution >= 4 is 11.8 Å². The Hall–Kier alpha value is -2.35. The predicted molar refractivity (Wildman–Crippen MR) is 81.2 cm³/mol. The van der Waals surface area contributed by atoms with E-state index in [4.69, 9.17) is 5.11 Å². The Bertz CT molecular complexity index is 620. The van der Waals surface area contributed by atoms with Gasteiger partial charge in [-0.1, -0.05) is 30.3 Å². The van der Waals surface area contributed by atoms with Crippen LogP contribution in [0.3, 0.4) is 0 Å². The Kier molecular flexibility index (Phi) is 5.75. The van der Waals surface area contributed by atoms with Crippen molar-refractivity contribution in [2.45, 2.75) is 12.6 Å². The summed E-state index contributed by atoms with van der Waals surface area (Å²) in [6.45, 7) is 0.291. The summed E-state index contributed by atoms with van der Waals surface area (Å²) in [7, 11) is 0. The van der Waals surface area contributed by atoms with Crippen LogP contribution in [0.5, 0.6) is 0 Å². The number of aromatic nitrogens is 2. The van der Waals surface area contributed by atoms with Crippen LogP contribution in [0.2, 0.25) is 0 Å². The fraction of sp³-hybridized carbons (Fsp3) is 0.333. The number of nitrogens with zero attached hydrogens (tertiary/aromatic N) is 2. The molecule has 1 heterocycles. The molecule has 1 aromatic carbocycles. The number of halogens is 3. The largest absolute Gasteiger partial charge is 0.433 e. The second-order valence-electron chi connectivity index (χ2n) is 4.77. The van der Waals surface area contributed by atoms with E-state index in [1.807, 2.05) is 30.3 Å². The summed E-state index contributed by atoms with van der Waals surface area (Å²) in [5.41, 5.74) is 0.0406. The van der Waals surface area contributed by atoms with Gasteiger partial charge in [-0.15, -0.1) is 0 Å². The minimum atomic E-state index is -4.56. The maximum atomic E-state index is 12.9. The predicted octanol–water partition coefficient (Wildman–Crippen LogP) is 2.55. The molecule has 3 N–H and O–H groups in total. The summed E-state index contributed by atoms with van der Waals surface area (Å²) >= 11 is 0. The minimum absolute atomic E-state index is 0.0742. The lowest BCUT2D eigenvalue weighted by molar-refractivity contribution is -0.141. The SMILES string of the molecule is OCCNc1nc(NCCc2ccccc2)cc(C(F)(F)F)n1. The molecule has 0 saturated carbocycles. The van der Waals surface area contributed by atoms with Crippen LogP contribution in [0.4, 0.5) is 24.9 Å². The van der Waals surface area contributed by atoms with Gasteiger partial charge in [-0.05, 0) is 12.0 Å². The molecular weight excluding hydrogens is 309 g/mol. The van der Waals surface area contributed by atoms with Crippen LogP contribution < -0.4 is 10.6 Å². The van der Waals surface area contributed by atoms with Gasteiger partial charge >= 0.3 is 6.18 Å². The van der Waals surface area contributed by atoms with Gasteiger partial charge in [-0.2, -0.15) is 18.2 Å². The normalized spacial score (nSPS) is 11.3. The molecule has 2 aromatic rings. The average Bonchev–Trinajstić information content (AvgIpc) is 2.53. The van der Waals surface area contributed by atoms with Crippen LogP contribution in [0.15, 0.2) is 36.4 Å². The van der Waals surface area contributed by atoms with Gasteiger partial charge in [0.05, 0.1) is 6.61 Å². The molecule has 124 valence electrons. The number of aliphatic hydroxyl groups excluding tert-OH is 1. The molecule has 1 aromatic heterocycles. The van der Waals surface area contributed by atoms with Crippen molar-refractivity contribution in [2.24, 2.45) is 0 Å². The molecule has 23 heavy (non-hydrogen) atoms. The molecule has 0 amide bonds. The molecule has 5 nitrogen and oxygen atoms in total. The highest BCUT2D eigenvalue weighted by Crippen LogP contribution is 2.29. The first-order chi connectivity index (χ1) is 11.0. The Morgan fingerprint density at radius 1 is 1.00 bits per heavy atom. The van der Waals surface area contributed by atoms with Crippen LogP contribution in [0.1, 0.15) is 11.3 Å². The summed E-state index contributed by atoms with van der Waals surface area (Å²) < 4.78 is 38.6. The van der Waals surface area contributed by atoms with Crippen LogP contribution in [-0.4, -0.2) is 34.8 Å². The van der Waals surface area contributed by atoms with E-state index in [0.717, 1.165) is 11.6 Å². The van der Waals surface area contributed by atoms with E-state index >= 15 is 0 Å². The van der Waals surface area contributed by atoms with E-state index in [1.165, 1.54) is 0 Å². The lowest BCUT2D eigenvalue weighted by atomic mass is 10.1. The quantitative estimate of drug-likeness (QED) is 0.729. The van der Waals surface area contributed by atoms with E-state index in [2.05, 4.69) is 20.6 Å². The zero-order chi connectivity index (χ0) is 16.7. The van der Waals surface area contributed by atoms with E-state index in [9.17, 15) is 13.2 Å². The van der Waals surface area contributed by atoms with E-state index in [1.54, 1.807) is 0 Å². The number of anilines is 2. The standard InChI is InChI=1S/C15H17F3N4O/c16-15(17,18)12-10-13(22-14(21-12)20-8-9-23)19-7-6-11-4-2-1-3-5-11/h1-5,10,23H,6-9H2,(H2,19,20,21,22). The summed E-state index contributed by atoms with van der Waals surface area (Å²) in [5.74, 6) is -0.0835. The first-order valence-electron chi connectivity index (χ1n) is 7.08. The maximum Gasteiger partial charge on any atom is 0.433 e. The van der Waals surface area contributed by atoms with Crippen molar-refractivity contribution < 1.29 is 18.3 Å². The van der Waals surface area contributed by atoms with Gasteiger partial charge in [-0.3, -0.25) is 0 Å². The number of hydrogen-bond donors (Lipinski definition) is 3. The molecule has 2 rings (SSSR count). The van der Waals surface area contributed by atoms with Crippen molar-refractivity contribution in [2.75, 3.05) is 30.3 Å². The lowest BCUT2D eigenvalue weighted by Crippen LogP contribution is -2.16. The van der Waals surface area contributed by atoms with Gasteiger partial charge in [0.1, 0.15) is 5.82 Å². The van der Waals surface area contributed by atoms with E-state index < -0.39 is 11.9 Å². The molecule has 0 atom stereocenters. The summed E-state index contributed by atoms with van der Waals surface area (Å²) in [6, 6.07) is 10.5.